The van der Waals surface area contributed by atoms with Gasteiger partial charge in [0.2, 0.25) is 0 Å². The van der Waals surface area contributed by atoms with Gasteiger partial charge < -0.3 is 10.2 Å². The van der Waals surface area contributed by atoms with E-state index in [9.17, 15) is 4.79 Å². The number of likely N-dealkylation sites (N-methyl/N-ethyl adjacent to an activating group) is 1. The van der Waals surface area contributed by atoms with E-state index in [2.05, 4.69) is 5.32 Å². The molecular formula is C20H27ClN2OS. The van der Waals surface area contributed by atoms with Gasteiger partial charge >= 0.3 is 0 Å². The second-order valence-electron chi connectivity index (χ2n) is 7.31. The smallest absolute Gasteiger partial charge is 0.169 e. The van der Waals surface area contributed by atoms with E-state index >= 15 is 0 Å². The van der Waals surface area contributed by atoms with Crippen LogP contribution in [-0.2, 0) is 10.3 Å². The maximum atomic E-state index is 13.1. The summed E-state index contributed by atoms with van der Waals surface area (Å²) < 4.78 is 0. The molecule has 5 heteroatoms. The lowest BCUT2D eigenvalue weighted by molar-refractivity contribution is -0.131. The number of thiocarbonyl (C=S) groups is 1. The van der Waals surface area contributed by atoms with Gasteiger partial charge in [0.25, 0.3) is 0 Å². The lowest BCUT2D eigenvalue weighted by Gasteiger charge is -2.45. The van der Waals surface area contributed by atoms with Crippen molar-refractivity contribution < 1.29 is 4.79 Å². The van der Waals surface area contributed by atoms with Crippen molar-refractivity contribution in [2.75, 3.05) is 7.05 Å². The maximum absolute atomic E-state index is 13.1. The lowest BCUT2D eigenvalue weighted by Crippen LogP contribution is -2.58. The number of Topliss-reactive ketones (excluding diaryl/α,β-unsaturated/α-hetero) is 1. The van der Waals surface area contributed by atoms with E-state index in [0.29, 0.717) is 22.6 Å². The zero-order valence-electron chi connectivity index (χ0n) is 14.9. The van der Waals surface area contributed by atoms with Gasteiger partial charge in [-0.2, -0.15) is 0 Å². The summed E-state index contributed by atoms with van der Waals surface area (Å²) in [5.41, 5.74) is 0.145. The molecule has 25 heavy (non-hydrogen) atoms. The summed E-state index contributed by atoms with van der Waals surface area (Å²) in [4.78, 5) is 15.1. The van der Waals surface area contributed by atoms with Crippen molar-refractivity contribution in [1.29, 1.82) is 0 Å². The Morgan fingerprint density at radius 3 is 2.60 bits per heavy atom. The van der Waals surface area contributed by atoms with Gasteiger partial charge in [0.05, 0.1) is 0 Å². The Kier molecular flexibility index (Phi) is 6.00. The molecule has 2 aliphatic rings. The van der Waals surface area contributed by atoms with Crippen LogP contribution in [0.1, 0.15) is 63.4 Å². The Morgan fingerprint density at radius 1 is 1.20 bits per heavy atom. The first-order valence-corrected chi connectivity index (χ1v) is 10.2. The fourth-order valence-electron chi connectivity index (χ4n) is 4.32. The first-order valence-electron chi connectivity index (χ1n) is 9.38. The molecule has 1 aromatic rings. The van der Waals surface area contributed by atoms with Gasteiger partial charge in [-0.25, -0.2) is 0 Å². The standard InChI is InChI=1S/C20H27ClN2OS/c1-23(19(25)22-15-9-3-2-4-10-15)20(14-8-7-13-18(20)24)16-11-5-6-12-17(16)21/h5-6,11-12,15H,2-4,7-10,13-14H2,1H3,(H,22,25)/t20-/m1/s1. The van der Waals surface area contributed by atoms with E-state index in [0.717, 1.165) is 37.7 Å². The number of hydrogen-bond acceptors (Lipinski definition) is 2. The highest BCUT2D eigenvalue weighted by molar-refractivity contribution is 7.80. The van der Waals surface area contributed by atoms with Crippen LogP contribution >= 0.6 is 23.8 Å². The zero-order chi connectivity index (χ0) is 17.9. The topological polar surface area (TPSA) is 32.3 Å². The minimum absolute atomic E-state index is 0.224. The number of carbonyl (C=O) groups is 1. The molecule has 1 N–H and O–H groups in total. The largest absolute Gasteiger partial charge is 0.360 e. The SMILES string of the molecule is CN(C(=S)NC1CCCCC1)[C@@]1(c2ccccc2Cl)CCCCC1=O. The number of nitrogens with zero attached hydrogens (tertiary/aromatic N) is 1. The molecule has 0 aromatic heterocycles. The average Bonchev–Trinajstić information content (AvgIpc) is 2.63. The van der Waals surface area contributed by atoms with Gasteiger partial charge in [0.1, 0.15) is 5.54 Å². The molecule has 0 spiro atoms. The Labute approximate surface area is 161 Å². The van der Waals surface area contributed by atoms with Gasteiger partial charge in [0, 0.05) is 30.1 Å². The molecule has 2 fully saturated rings. The van der Waals surface area contributed by atoms with Crippen molar-refractivity contribution in [3.05, 3.63) is 34.9 Å². The van der Waals surface area contributed by atoms with E-state index < -0.39 is 5.54 Å². The zero-order valence-corrected chi connectivity index (χ0v) is 16.5. The number of hydrogen-bond donors (Lipinski definition) is 1. The molecule has 0 aliphatic heterocycles. The molecule has 2 aliphatic carbocycles. The Hall–Kier alpha value is -1.13. The minimum Gasteiger partial charge on any atom is -0.360 e. The van der Waals surface area contributed by atoms with Crippen molar-refractivity contribution in [1.82, 2.24) is 10.2 Å². The number of carbonyl (C=O) groups excluding carboxylic acids is 1. The highest BCUT2D eigenvalue weighted by atomic mass is 35.5. The highest BCUT2D eigenvalue weighted by Crippen LogP contribution is 2.42. The fraction of sp³-hybridized carbons (Fsp3) is 0.600. The van der Waals surface area contributed by atoms with Gasteiger partial charge in [-0.05, 0) is 50.4 Å². The van der Waals surface area contributed by atoms with Gasteiger partial charge in [0.15, 0.2) is 10.9 Å². The first-order chi connectivity index (χ1) is 12.1. The third-order valence-corrected chi connectivity index (χ3v) is 6.50. The van der Waals surface area contributed by atoms with Crippen LogP contribution in [0.25, 0.3) is 0 Å². The van der Waals surface area contributed by atoms with E-state index in [-0.39, 0.29) is 5.78 Å². The van der Waals surface area contributed by atoms with Gasteiger partial charge in [-0.15, -0.1) is 0 Å². The summed E-state index contributed by atoms with van der Waals surface area (Å²) in [5, 5.41) is 4.82. The van der Waals surface area contributed by atoms with Crippen LogP contribution in [-0.4, -0.2) is 28.9 Å². The quantitative estimate of drug-likeness (QED) is 0.764. The van der Waals surface area contributed by atoms with Crippen molar-refractivity contribution >= 4 is 34.7 Å². The summed E-state index contributed by atoms with van der Waals surface area (Å²) in [6, 6.07) is 8.13. The number of halogens is 1. The molecule has 1 aromatic carbocycles. The maximum Gasteiger partial charge on any atom is 0.169 e. The molecule has 3 rings (SSSR count). The van der Waals surface area contributed by atoms with Crippen LogP contribution in [0.3, 0.4) is 0 Å². The van der Waals surface area contributed by atoms with Crippen molar-refractivity contribution in [3.8, 4) is 0 Å². The monoisotopic (exact) mass is 378 g/mol. The molecule has 0 bridgehead atoms. The van der Waals surface area contributed by atoms with Gasteiger partial charge in [-0.3, -0.25) is 4.79 Å². The molecule has 2 saturated carbocycles. The normalized spacial score (nSPS) is 24.8. The first kappa shape index (κ1) is 18.7. The highest BCUT2D eigenvalue weighted by Gasteiger charge is 2.47. The van der Waals surface area contributed by atoms with Crippen molar-refractivity contribution in [2.45, 2.75) is 69.4 Å². The number of rotatable bonds is 3. The molecule has 1 atom stereocenters. The van der Waals surface area contributed by atoms with Crippen LogP contribution in [0, 0.1) is 0 Å². The Balaban J connectivity index is 1.90. The third kappa shape index (κ3) is 3.70. The molecule has 136 valence electrons. The number of ketones is 1. The Bertz CT molecular complexity index is 644. The van der Waals surface area contributed by atoms with Crippen LogP contribution in [0.4, 0.5) is 0 Å². The van der Waals surface area contributed by atoms with Crippen LogP contribution in [0.5, 0.6) is 0 Å². The molecule has 0 heterocycles. The summed E-state index contributed by atoms with van der Waals surface area (Å²) in [5.74, 6) is 0.224. The van der Waals surface area contributed by atoms with Crippen LogP contribution < -0.4 is 5.32 Å². The molecule has 0 amide bonds. The molecular weight excluding hydrogens is 352 g/mol. The van der Waals surface area contributed by atoms with Crippen molar-refractivity contribution in [2.24, 2.45) is 0 Å². The van der Waals surface area contributed by atoms with E-state index in [4.69, 9.17) is 23.8 Å². The molecule has 0 radical (unpaired) electrons. The third-order valence-electron chi connectivity index (χ3n) is 5.78. The predicted octanol–water partition coefficient (Wildman–Crippen LogP) is 4.82. The van der Waals surface area contributed by atoms with Gasteiger partial charge in [-0.1, -0.05) is 49.1 Å². The second kappa shape index (κ2) is 8.05. The summed E-state index contributed by atoms with van der Waals surface area (Å²) in [7, 11) is 1.95. The van der Waals surface area contributed by atoms with E-state index in [1.807, 2.05) is 36.2 Å². The van der Waals surface area contributed by atoms with Crippen molar-refractivity contribution in [3.63, 3.8) is 0 Å². The fourth-order valence-corrected chi connectivity index (χ4v) is 4.94. The van der Waals surface area contributed by atoms with E-state index in [1.54, 1.807) is 0 Å². The lowest BCUT2D eigenvalue weighted by atomic mass is 9.74. The van der Waals surface area contributed by atoms with Crippen LogP contribution in [0.15, 0.2) is 24.3 Å². The summed E-state index contributed by atoms with van der Waals surface area (Å²) >= 11 is 12.2. The second-order valence-corrected chi connectivity index (χ2v) is 8.11. The summed E-state index contributed by atoms with van der Waals surface area (Å²) in [6.45, 7) is 0. The molecule has 0 unspecified atom stereocenters. The average molecular weight is 379 g/mol. The number of nitrogens with one attached hydrogen (secondary N) is 1. The van der Waals surface area contributed by atoms with Crippen LogP contribution in [0.2, 0.25) is 5.02 Å². The summed E-state index contributed by atoms with van der Waals surface area (Å²) in [6.07, 6.45) is 9.41. The minimum atomic E-state index is -0.741. The predicted molar refractivity (Wildman–Crippen MR) is 107 cm³/mol. The molecule has 3 nitrogen and oxygen atoms in total. The Morgan fingerprint density at radius 2 is 1.92 bits per heavy atom. The van der Waals surface area contributed by atoms with E-state index in [1.165, 1.54) is 19.3 Å². The number of benzene rings is 1. The molecule has 0 saturated heterocycles.